The van der Waals surface area contributed by atoms with Crippen molar-refractivity contribution in [3.63, 3.8) is 0 Å². The predicted octanol–water partition coefficient (Wildman–Crippen LogP) is 1.41. The van der Waals surface area contributed by atoms with Crippen molar-refractivity contribution in [2.75, 3.05) is 26.1 Å². The Hall–Kier alpha value is -1.71. The third-order valence-corrected chi connectivity index (χ3v) is 2.19. The first kappa shape index (κ1) is 8.87. The number of aromatic nitrogens is 2. The highest BCUT2D eigenvalue weighted by Gasteiger charge is 2.05. The molecule has 0 aliphatic carbocycles. The van der Waals surface area contributed by atoms with E-state index in [2.05, 4.69) is 5.10 Å². The predicted molar refractivity (Wildman–Crippen MR) is 56.1 cm³/mol. The molecule has 2 aromatic heterocycles. The number of hydrogen-bond acceptors (Lipinski definition) is 3. The fraction of sp³-hybridized carbons (Fsp3) is 0.300. The van der Waals surface area contributed by atoms with E-state index in [4.69, 9.17) is 4.74 Å². The third-order valence-electron chi connectivity index (χ3n) is 2.19. The van der Waals surface area contributed by atoms with Gasteiger partial charge in [-0.2, -0.15) is 5.10 Å². The zero-order valence-corrected chi connectivity index (χ0v) is 8.56. The van der Waals surface area contributed by atoms with Crippen molar-refractivity contribution in [2.45, 2.75) is 0 Å². The molecule has 0 saturated carbocycles. The smallest absolute Gasteiger partial charge is 0.122 e. The van der Waals surface area contributed by atoms with Crippen LogP contribution in [0.5, 0.6) is 5.75 Å². The number of methoxy groups -OCH3 is 1. The molecule has 2 aromatic rings. The monoisotopic (exact) mass is 191 g/mol. The number of ether oxygens (including phenoxy) is 1. The van der Waals surface area contributed by atoms with Crippen LogP contribution in [0.4, 0.5) is 5.69 Å². The second-order valence-electron chi connectivity index (χ2n) is 3.32. The molecule has 2 heterocycles. The van der Waals surface area contributed by atoms with Crippen LogP contribution < -0.4 is 9.64 Å². The van der Waals surface area contributed by atoms with Crippen LogP contribution in [0.15, 0.2) is 24.5 Å². The molecule has 0 aliphatic rings. The van der Waals surface area contributed by atoms with Gasteiger partial charge >= 0.3 is 0 Å². The first-order valence-electron chi connectivity index (χ1n) is 4.41. The normalized spacial score (nSPS) is 10.5. The average molecular weight is 191 g/mol. The van der Waals surface area contributed by atoms with Crippen molar-refractivity contribution >= 4 is 11.2 Å². The van der Waals surface area contributed by atoms with Crippen molar-refractivity contribution in [1.29, 1.82) is 0 Å². The summed E-state index contributed by atoms with van der Waals surface area (Å²) in [7, 11) is 5.66. The molecule has 2 rings (SSSR count). The van der Waals surface area contributed by atoms with Crippen molar-refractivity contribution in [3.8, 4) is 5.75 Å². The summed E-state index contributed by atoms with van der Waals surface area (Å²) >= 11 is 0. The van der Waals surface area contributed by atoms with E-state index < -0.39 is 0 Å². The first-order chi connectivity index (χ1) is 6.72. The first-order valence-corrected chi connectivity index (χ1v) is 4.41. The number of nitrogens with zero attached hydrogens (tertiary/aromatic N) is 3. The van der Waals surface area contributed by atoms with Gasteiger partial charge in [0.15, 0.2) is 0 Å². The minimum atomic E-state index is 0.848. The van der Waals surface area contributed by atoms with Gasteiger partial charge in [-0.25, -0.2) is 4.52 Å². The van der Waals surface area contributed by atoms with Gasteiger partial charge < -0.3 is 9.64 Å². The summed E-state index contributed by atoms with van der Waals surface area (Å²) in [5, 5.41) is 4.23. The molecule has 4 nitrogen and oxygen atoms in total. The van der Waals surface area contributed by atoms with Gasteiger partial charge in [-0.05, 0) is 6.07 Å². The fourth-order valence-electron chi connectivity index (χ4n) is 1.42. The lowest BCUT2D eigenvalue weighted by Crippen LogP contribution is -2.07. The molecule has 0 spiro atoms. The molecule has 0 aromatic carbocycles. The van der Waals surface area contributed by atoms with E-state index in [1.54, 1.807) is 7.11 Å². The van der Waals surface area contributed by atoms with Gasteiger partial charge in [0.05, 0.1) is 24.5 Å². The standard InChI is InChI=1S/C10H13N3O/c1-12(2)10-7-11-13-5-4-8(14-3)6-9(10)13/h4-7H,1-3H3. The maximum absolute atomic E-state index is 5.17. The molecule has 0 atom stereocenters. The summed E-state index contributed by atoms with van der Waals surface area (Å²) < 4.78 is 7.00. The fourth-order valence-corrected chi connectivity index (χ4v) is 1.42. The summed E-state index contributed by atoms with van der Waals surface area (Å²) in [5.74, 6) is 0.848. The highest BCUT2D eigenvalue weighted by molar-refractivity contribution is 5.73. The topological polar surface area (TPSA) is 29.8 Å². The molecule has 0 aliphatic heterocycles. The van der Waals surface area contributed by atoms with E-state index in [1.165, 1.54) is 0 Å². The van der Waals surface area contributed by atoms with Crippen LogP contribution >= 0.6 is 0 Å². The summed E-state index contributed by atoms with van der Waals surface area (Å²) in [5.41, 5.74) is 2.14. The Kier molecular flexibility index (Phi) is 2.04. The van der Waals surface area contributed by atoms with Gasteiger partial charge in [-0.15, -0.1) is 0 Å². The Balaban J connectivity index is 2.63. The summed E-state index contributed by atoms with van der Waals surface area (Å²) in [6.45, 7) is 0. The molecule has 0 unspecified atom stereocenters. The molecule has 14 heavy (non-hydrogen) atoms. The van der Waals surface area contributed by atoms with E-state index >= 15 is 0 Å². The van der Waals surface area contributed by atoms with Gasteiger partial charge in [0.2, 0.25) is 0 Å². The summed E-state index contributed by atoms with van der Waals surface area (Å²) in [6, 6.07) is 3.86. The molecule has 0 bridgehead atoms. The van der Waals surface area contributed by atoms with Crippen LogP contribution in [0, 0.1) is 0 Å². The second-order valence-corrected chi connectivity index (χ2v) is 3.32. The van der Waals surface area contributed by atoms with E-state index in [1.807, 2.05) is 48.0 Å². The van der Waals surface area contributed by atoms with Gasteiger partial charge in [0.25, 0.3) is 0 Å². The van der Waals surface area contributed by atoms with Crippen LogP contribution in [0.2, 0.25) is 0 Å². The maximum atomic E-state index is 5.17. The number of anilines is 1. The van der Waals surface area contributed by atoms with Crippen molar-refractivity contribution in [3.05, 3.63) is 24.5 Å². The van der Waals surface area contributed by atoms with E-state index in [-0.39, 0.29) is 0 Å². The van der Waals surface area contributed by atoms with Crippen LogP contribution in [0.1, 0.15) is 0 Å². The molecule has 0 radical (unpaired) electrons. The third kappa shape index (κ3) is 1.28. The summed E-state index contributed by atoms with van der Waals surface area (Å²) in [6.07, 6.45) is 3.73. The zero-order valence-electron chi connectivity index (χ0n) is 8.56. The molecule has 0 fully saturated rings. The van der Waals surface area contributed by atoms with Gasteiger partial charge in [-0.1, -0.05) is 0 Å². The number of fused-ring (bicyclic) bond motifs is 1. The van der Waals surface area contributed by atoms with Crippen molar-refractivity contribution in [1.82, 2.24) is 9.61 Å². The van der Waals surface area contributed by atoms with Crippen LogP contribution in [0.3, 0.4) is 0 Å². The Morgan fingerprint density at radius 2 is 2.21 bits per heavy atom. The Morgan fingerprint density at radius 3 is 2.86 bits per heavy atom. The lowest BCUT2D eigenvalue weighted by Gasteiger charge is -2.09. The SMILES string of the molecule is COc1ccn2ncc(N(C)C)c2c1. The van der Waals surface area contributed by atoms with Crippen LogP contribution in [0.25, 0.3) is 5.52 Å². The zero-order chi connectivity index (χ0) is 10.1. The highest BCUT2D eigenvalue weighted by atomic mass is 16.5. The molecule has 0 saturated heterocycles. The molecular formula is C10H13N3O. The maximum Gasteiger partial charge on any atom is 0.122 e. The highest BCUT2D eigenvalue weighted by Crippen LogP contribution is 2.22. The number of hydrogen-bond donors (Lipinski definition) is 0. The molecule has 0 amide bonds. The number of pyridine rings is 1. The summed E-state index contributed by atoms with van der Waals surface area (Å²) in [4.78, 5) is 2.03. The lowest BCUT2D eigenvalue weighted by atomic mass is 10.3. The quantitative estimate of drug-likeness (QED) is 0.718. The van der Waals surface area contributed by atoms with E-state index in [9.17, 15) is 0 Å². The van der Waals surface area contributed by atoms with E-state index in [0.717, 1.165) is 17.0 Å². The van der Waals surface area contributed by atoms with E-state index in [0.29, 0.717) is 0 Å². The van der Waals surface area contributed by atoms with Crippen molar-refractivity contribution in [2.24, 2.45) is 0 Å². The minimum absolute atomic E-state index is 0.848. The largest absolute Gasteiger partial charge is 0.497 e. The Labute approximate surface area is 82.7 Å². The minimum Gasteiger partial charge on any atom is -0.497 e. The number of rotatable bonds is 2. The molecule has 4 heteroatoms. The lowest BCUT2D eigenvalue weighted by molar-refractivity contribution is 0.414. The molecular weight excluding hydrogens is 178 g/mol. The second kappa shape index (κ2) is 3.21. The Bertz CT molecular complexity index is 448. The van der Waals surface area contributed by atoms with Crippen LogP contribution in [-0.2, 0) is 0 Å². The van der Waals surface area contributed by atoms with Gasteiger partial charge in [0, 0.05) is 26.4 Å². The average Bonchev–Trinajstić information content (AvgIpc) is 2.59. The Morgan fingerprint density at radius 1 is 1.43 bits per heavy atom. The van der Waals surface area contributed by atoms with Gasteiger partial charge in [0.1, 0.15) is 5.75 Å². The van der Waals surface area contributed by atoms with Gasteiger partial charge in [-0.3, -0.25) is 0 Å². The molecule has 74 valence electrons. The van der Waals surface area contributed by atoms with Crippen molar-refractivity contribution < 1.29 is 4.74 Å². The van der Waals surface area contributed by atoms with Crippen LogP contribution in [-0.4, -0.2) is 30.8 Å². The molecule has 0 N–H and O–H groups in total.